The second-order valence-electron chi connectivity index (χ2n) is 4.45. The molecule has 6 heteroatoms. The van der Waals surface area contributed by atoms with Crippen LogP contribution in [-0.2, 0) is 4.79 Å². The van der Waals surface area contributed by atoms with Crippen LogP contribution < -0.4 is 5.32 Å². The average Bonchev–Trinajstić information content (AvgIpc) is 2.76. The third-order valence-electron chi connectivity index (χ3n) is 3.04. The van der Waals surface area contributed by atoms with E-state index in [-0.39, 0.29) is 18.7 Å². The zero-order valence-electron chi connectivity index (χ0n) is 10.9. The maximum atomic E-state index is 12.0. The molecule has 0 radical (unpaired) electrons. The number of carbonyl (C=O) groups excluding carboxylic acids is 1. The summed E-state index contributed by atoms with van der Waals surface area (Å²) in [6.45, 7) is 1.84. The second kappa shape index (κ2) is 5.75. The van der Waals surface area contributed by atoms with Crippen molar-refractivity contribution < 1.29 is 24.2 Å². The molecule has 0 fully saturated rings. The van der Waals surface area contributed by atoms with Crippen LogP contribution in [0.4, 0.5) is 0 Å². The van der Waals surface area contributed by atoms with Crippen LogP contribution in [0.1, 0.15) is 22.5 Å². The number of carboxylic acids is 1. The number of benzene rings is 1. The number of carbonyl (C=O) groups is 2. The maximum absolute atomic E-state index is 12.0. The number of rotatable bonds is 5. The lowest BCUT2D eigenvalue weighted by Crippen LogP contribution is -2.30. The van der Waals surface area contributed by atoms with Gasteiger partial charge in [-0.3, -0.25) is 4.79 Å². The van der Waals surface area contributed by atoms with Gasteiger partial charge in [0.1, 0.15) is 5.58 Å². The van der Waals surface area contributed by atoms with Crippen LogP contribution in [-0.4, -0.2) is 34.7 Å². The second-order valence-corrected chi connectivity index (χ2v) is 4.45. The molecule has 0 spiro atoms. The van der Waals surface area contributed by atoms with Crippen LogP contribution >= 0.6 is 0 Å². The largest absolute Gasteiger partial charge is 0.479 e. The van der Waals surface area contributed by atoms with E-state index >= 15 is 0 Å². The van der Waals surface area contributed by atoms with E-state index in [1.807, 2.05) is 18.2 Å². The minimum Gasteiger partial charge on any atom is -0.479 e. The molecule has 0 saturated heterocycles. The summed E-state index contributed by atoms with van der Waals surface area (Å²) < 4.78 is 5.47. The SMILES string of the molecule is Cc1c(C(=O)NCCC(O)C(=O)O)oc2ccccc12. The van der Waals surface area contributed by atoms with Gasteiger partial charge in [0.15, 0.2) is 11.9 Å². The Morgan fingerprint density at radius 1 is 1.35 bits per heavy atom. The molecule has 1 heterocycles. The number of aliphatic carboxylic acids is 1. The first-order chi connectivity index (χ1) is 9.50. The molecule has 0 aliphatic heterocycles. The molecule has 0 aliphatic carbocycles. The van der Waals surface area contributed by atoms with Crippen LogP contribution in [0, 0.1) is 6.92 Å². The van der Waals surface area contributed by atoms with E-state index in [0.717, 1.165) is 10.9 Å². The van der Waals surface area contributed by atoms with Gasteiger partial charge in [-0.1, -0.05) is 18.2 Å². The minimum absolute atomic E-state index is 0.0552. The Morgan fingerprint density at radius 2 is 2.05 bits per heavy atom. The first-order valence-corrected chi connectivity index (χ1v) is 6.18. The number of aryl methyl sites for hydroxylation is 1. The number of carboxylic acid groups (broad SMARTS) is 1. The van der Waals surface area contributed by atoms with Gasteiger partial charge in [0.2, 0.25) is 0 Å². The number of nitrogens with one attached hydrogen (secondary N) is 1. The summed E-state index contributed by atoms with van der Waals surface area (Å²) in [4.78, 5) is 22.4. The lowest BCUT2D eigenvalue weighted by molar-refractivity contribution is -0.146. The Labute approximate surface area is 115 Å². The molecule has 1 amide bonds. The van der Waals surface area contributed by atoms with Gasteiger partial charge in [-0.25, -0.2) is 4.79 Å². The van der Waals surface area contributed by atoms with Gasteiger partial charge in [-0.05, 0) is 13.0 Å². The van der Waals surface area contributed by atoms with Crippen LogP contribution in [0.5, 0.6) is 0 Å². The van der Waals surface area contributed by atoms with Crippen molar-refractivity contribution in [2.45, 2.75) is 19.4 Å². The molecular weight excluding hydrogens is 262 g/mol. The minimum atomic E-state index is -1.48. The highest BCUT2D eigenvalue weighted by molar-refractivity contribution is 5.98. The monoisotopic (exact) mass is 277 g/mol. The topological polar surface area (TPSA) is 99.8 Å². The smallest absolute Gasteiger partial charge is 0.332 e. The van der Waals surface area contributed by atoms with Crippen LogP contribution in [0.25, 0.3) is 11.0 Å². The number of fused-ring (bicyclic) bond motifs is 1. The highest BCUT2D eigenvalue weighted by Gasteiger charge is 2.18. The standard InChI is InChI=1S/C14H15NO5/c1-8-9-4-2-3-5-11(9)20-12(8)13(17)15-7-6-10(16)14(18)19/h2-5,10,16H,6-7H2,1H3,(H,15,17)(H,18,19). The lowest BCUT2D eigenvalue weighted by atomic mass is 10.1. The molecule has 0 bridgehead atoms. The first-order valence-electron chi connectivity index (χ1n) is 6.18. The van der Waals surface area contributed by atoms with Crippen molar-refractivity contribution >= 4 is 22.8 Å². The molecule has 0 aliphatic rings. The molecule has 2 aromatic rings. The molecule has 20 heavy (non-hydrogen) atoms. The predicted molar refractivity (Wildman–Crippen MR) is 71.5 cm³/mol. The van der Waals surface area contributed by atoms with Crippen molar-refractivity contribution in [2.75, 3.05) is 6.54 Å². The van der Waals surface area contributed by atoms with E-state index in [2.05, 4.69) is 5.32 Å². The molecule has 6 nitrogen and oxygen atoms in total. The van der Waals surface area contributed by atoms with E-state index in [1.165, 1.54) is 0 Å². The quantitative estimate of drug-likeness (QED) is 0.765. The summed E-state index contributed by atoms with van der Waals surface area (Å²) in [6, 6.07) is 7.30. The molecule has 1 aromatic heterocycles. The fourth-order valence-electron chi connectivity index (χ4n) is 1.92. The van der Waals surface area contributed by atoms with Crippen molar-refractivity contribution in [3.8, 4) is 0 Å². The Kier molecular flexibility index (Phi) is 4.05. The fourth-order valence-corrected chi connectivity index (χ4v) is 1.92. The molecule has 0 saturated carbocycles. The van der Waals surface area contributed by atoms with Crippen molar-refractivity contribution in [3.63, 3.8) is 0 Å². The Balaban J connectivity index is 2.04. The van der Waals surface area contributed by atoms with Crippen molar-refractivity contribution in [2.24, 2.45) is 0 Å². The summed E-state index contributed by atoms with van der Waals surface area (Å²) >= 11 is 0. The van der Waals surface area contributed by atoms with Gasteiger partial charge in [-0.15, -0.1) is 0 Å². The van der Waals surface area contributed by atoms with E-state index in [9.17, 15) is 9.59 Å². The van der Waals surface area contributed by atoms with Crippen molar-refractivity contribution in [1.29, 1.82) is 0 Å². The van der Waals surface area contributed by atoms with E-state index < -0.39 is 18.0 Å². The van der Waals surface area contributed by atoms with E-state index in [4.69, 9.17) is 14.6 Å². The Hall–Kier alpha value is -2.34. The summed E-state index contributed by atoms with van der Waals surface area (Å²) in [5.74, 6) is -1.52. The normalized spacial score (nSPS) is 12.3. The average molecular weight is 277 g/mol. The number of aliphatic hydroxyl groups is 1. The van der Waals surface area contributed by atoms with Crippen LogP contribution in [0.3, 0.4) is 0 Å². The predicted octanol–water partition coefficient (Wildman–Crippen LogP) is 1.31. The van der Waals surface area contributed by atoms with Gasteiger partial charge in [0.25, 0.3) is 5.91 Å². The highest BCUT2D eigenvalue weighted by atomic mass is 16.4. The number of amides is 1. The number of furan rings is 1. The summed E-state index contributed by atoms with van der Waals surface area (Å²) in [5.41, 5.74) is 1.36. The van der Waals surface area contributed by atoms with Gasteiger partial charge in [0, 0.05) is 23.9 Å². The molecule has 1 atom stereocenters. The molecule has 1 unspecified atom stereocenters. The number of aliphatic hydroxyl groups excluding tert-OH is 1. The molecule has 2 rings (SSSR count). The van der Waals surface area contributed by atoms with Crippen molar-refractivity contribution in [3.05, 3.63) is 35.6 Å². The lowest BCUT2D eigenvalue weighted by Gasteiger charge is -2.06. The van der Waals surface area contributed by atoms with Crippen molar-refractivity contribution in [1.82, 2.24) is 5.32 Å². The zero-order chi connectivity index (χ0) is 14.7. The summed E-state index contributed by atoms with van der Waals surface area (Å²) in [6.07, 6.45) is -1.53. The van der Waals surface area contributed by atoms with Gasteiger partial charge in [-0.2, -0.15) is 0 Å². The Morgan fingerprint density at radius 3 is 2.70 bits per heavy atom. The summed E-state index contributed by atoms with van der Waals surface area (Å²) in [5, 5.41) is 21.0. The number of hydrogen-bond acceptors (Lipinski definition) is 4. The third kappa shape index (κ3) is 2.80. The third-order valence-corrected chi connectivity index (χ3v) is 3.04. The van der Waals surface area contributed by atoms with Gasteiger partial charge < -0.3 is 19.9 Å². The molecule has 1 aromatic carbocycles. The first kappa shape index (κ1) is 14.1. The number of para-hydroxylation sites is 1. The molecule has 106 valence electrons. The zero-order valence-corrected chi connectivity index (χ0v) is 10.9. The summed E-state index contributed by atoms with van der Waals surface area (Å²) in [7, 11) is 0. The van der Waals surface area contributed by atoms with Crippen LogP contribution in [0.15, 0.2) is 28.7 Å². The van der Waals surface area contributed by atoms with Gasteiger partial charge in [0.05, 0.1) is 0 Å². The van der Waals surface area contributed by atoms with E-state index in [1.54, 1.807) is 13.0 Å². The highest BCUT2D eigenvalue weighted by Crippen LogP contribution is 2.24. The van der Waals surface area contributed by atoms with E-state index in [0.29, 0.717) is 5.58 Å². The van der Waals surface area contributed by atoms with Gasteiger partial charge >= 0.3 is 5.97 Å². The molecule has 3 N–H and O–H groups in total. The van der Waals surface area contributed by atoms with Crippen LogP contribution in [0.2, 0.25) is 0 Å². The Bertz CT molecular complexity index is 646. The fraction of sp³-hybridized carbons (Fsp3) is 0.286. The molecular formula is C14H15NO5. The number of hydrogen-bond donors (Lipinski definition) is 3. The maximum Gasteiger partial charge on any atom is 0.332 e.